The molecule has 0 spiro atoms. The molecule has 4 aliphatic carbocycles. The van der Waals surface area contributed by atoms with Crippen LogP contribution < -0.4 is 0 Å². The summed E-state index contributed by atoms with van der Waals surface area (Å²) in [5.74, 6) is -5.92. The lowest BCUT2D eigenvalue weighted by Crippen LogP contribution is -2.71. The molecule has 1 N–H and O–H groups in total. The standard InChI is InChI=1S/C32H35F3O7/c1-5-27(39)42-32(28(40)41-16-25(37)18-6-8-19(33)9-7-18)17(2)12-21-22-14-24(34)23-13-20(36)10-11-29(23,3)31(22,35)26(38)15-30(21,32)4/h6-11,13,17,21-22,24,26,38H,5,12,14-16H2,1-4H3/t17-,21+,22+,24+,26+,29+,30+,31+,32+/m1/s1. The van der Waals surface area contributed by atoms with E-state index in [9.17, 15) is 28.7 Å². The third-order valence-electron chi connectivity index (χ3n) is 10.5. The summed E-state index contributed by atoms with van der Waals surface area (Å²) >= 11 is 0. The molecule has 0 amide bonds. The fraction of sp³-hybridized carbons (Fsp3) is 0.562. The summed E-state index contributed by atoms with van der Waals surface area (Å²) in [6.07, 6.45) is -0.378. The third-order valence-corrected chi connectivity index (χ3v) is 10.5. The second-order valence-corrected chi connectivity index (χ2v) is 12.6. The number of allylic oxidation sites excluding steroid dienone is 4. The summed E-state index contributed by atoms with van der Waals surface area (Å²) in [6.45, 7) is 5.58. The molecule has 10 heteroatoms. The Bertz CT molecular complexity index is 1390. The third kappa shape index (κ3) is 4.04. The first kappa shape index (κ1) is 30.2. The molecule has 7 nitrogen and oxygen atoms in total. The molecule has 42 heavy (non-hydrogen) atoms. The predicted octanol–water partition coefficient (Wildman–Crippen LogP) is 4.81. The van der Waals surface area contributed by atoms with Gasteiger partial charge in [-0.05, 0) is 74.1 Å². The van der Waals surface area contributed by atoms with Crippen molar-refractivity contribution >= 4 is 23.5 Å². The van der Waals surface area contributed by atoms with Crippen LogP contribution in [0.4, 0.5) is 13.2 Å². The second-order valence-electron chi connectivity index (χ2n) is 12.6. The molecule has 0 unspecified atom stereocenters. The Morgan fingerprint density at radius 3 is 2.40 bits per heavy atom. The molecular formula is C32H35F3O7. The minimum absolute atomic E-state index is 0.0233. The van der Waals surface area contributed by atoms with Gasteiger partial charge in [-0.25, -0.2) is 18.0 Å². The van der Waals surface area contributed by atoms with E-state index in [1.54, 1.807) is 20.8 Å². The first-order valence-electron chi connectivity index (χ1n) is 14.3. The van der Waals surface area contributed by atoms with Crippen LogP contribution in [-0.2, 0) is 23.9 Å². The normalized spacial score (nSPS) is 40.3. The molecule has 0 heterocycles. The van der Waals surface area contributed by atoms with Crippen molar-refractivity contribution in [2.75, 3.05) is 6.61 Å². The fourth-order valence-corrected chi connectivity index (χ4v) is 8.43. The van der Waals surface area contributed by atoms with E-state index in [0.29, 0.717) is 0 Å². The number of carbonyl (C=O) groups is 4. The van der Waals surface area contributed by atoms with Crippen molar-refractivity contribution in [2.24, 2.45) is 28.6 Å². The number of hydrogen-bond donors (Lipinski definition) is 1. The van der Waals surface area contributed by atoms with Crippen LogP contribution in [0.15, 0.2) is 48.1 Å². The highest BCUT2D eigenvalue weighted by molar-refractivity contribution is 6.01. The Morgan fingerprint density at radius 1 is 1.10 bits per heavy atom. The summed E-state index contributed by atoms with van der Waals surface area (Å²) < 4.78 is 58.0. The van der Waals surface area contributed by atoms with Gasteiger partial charge in [-0.1, -0.05) is 26.8 Å². The van der Waals surface area contributed by atoms with Gasteiger partial charge in [-0.2, -0.15) is 0 Å². The average molecular weight is 589 g/mol. The zero-order valence-electron chi connectivity index (χ0n) is 24.0. The Kier molecular flexibility index (Phi) is 7.32. The predicted molar refractivity (Wildman–Crippen MR) is 144 cm³/mol. The van der Waals surface area contributed by atoms with Crippen molar-refractivity contribution in [2.45, 2.75) is 76.9 Å². The number of aliphatic hydroxyl groups is 1. The number of ketones is 2. The number of hydrogen-bond acceptors (Lipinski definition) is 7. The molecule has 0 aromatic heterocycles. The van der Waals surface area contributed by atoms with E-state index in [-0.39, 0.29) is 36.8 Å². The molecule has 4 aliphatic rings. The minimum Gasteiger partial charge on any atom is -0.454 e. The number of esters is 2. The molecule has 5 rings (SSSR count). The Balaban J connectivity index is 1.54. The second kappa shape index (κ2) is 10.2. The van der Waals surface area contributed by atoms with Gasteiger partial charge in [0.2, 0.25) is 5.60 Å². The number of ether oxygens (including phenoxy) is 2. The highest BCUT2D eigenvalue weighted by atomic mass is 19.1. The maximum Gasteiger partial charge on any atom is 0.351 e. The van der Waals surface area contributed by atoms with Crippen LogP contribution >= 0.6 is 0 Å². The van der Waals surface area contributed by atoms with Gasteiger partial charge in [-0.15, -0.1) is 0 Å². The van der Waals surface area contributed by atoms with Crippen LogP contribution in [0, 0.1) is 34.4 Å². The van der Waals surface area contributed by atoms with Crippen LogP contribution in [0.2, 0.25) is 0 Å². The molecule has 9 atom stereocenters. The molecule has 1 aromatic carbocycles. The summed E-state index contributed by atoms with van der Waals surface area (Å²) in [5, 5.41) is 11.6. The van der Waals surface area contributed by atoms with Crippen LogP contribution in [-0.4, -0.2) is 58.8 Å². The van der Waals surface area contributed by atoms with Gasteiger partial charge in [0.15, 0.2) is 23.8 Å². The lowest BCUT2D eigenvalue weighted by molar-refractivity contribution is -0.238. The van der Waals surface area contributed by atoms with E-state index in [2.05, 4.69) is 0 Å². The summed E-state index contributed by atoms with van der Waals surface area (Å²) in [4.78, 5) is 51.6. The number of benzene rings is 1. The number of aliphatic hydroxyl groups excluding tert-OH is 1. The Morgan fingerprint density at radius 2 is 1.76 bits per heavy atom. The van der Waals surface area contributed by atoms with Gasteiger partial charge in [-0.3, -0.25) is 14.4 Å². The largest absolute Gasteiger partial charge is 0.454 e. The van der Waals surface area contributed by atoms with Gasteiger partial charge < -0.3 is 14.6 Å². The van der Waals surface area contributed by atoms with E-state index in [4.69, 9.17) is 9.47 Å². The molecule has 3 fully saturated rings. The lowest BCUT2D eigenvalue weighted by Gasteiger charge is -2.63. The quantitative estimate of drug-likeness (QED) is 0.376. The molecule has 0 saturated heterocycles. The first-order valence-corrected chi connectivity index (χ1v) is 14.3. The number of alkyl halides is 2. The van der Waals surface area contributed by atoms with E-state index < -0.39 is 88.1 Å². The number of fused-ring (bicyclic) bond motifs is 5. The number of Topliss-reactive ketones (excluding diaryl/α,β-unsaturated/α-hetero) is 1. The molecular weight excluding hydrogens is 553 g/mol. The van der Waals surface area contributed by atoms with Gasteiger partial charge in [0.25, 0.3) is 0 Å². The van der Waals surface area contributed by atoms with E-state index in [0.717, 1.165) is 18.2 Å². The Hall–Kier alpha value is -3.27. The average Bonchev–Trinajstić information content (AvgIpc) is 3.16. The van der Waals surface area contributed by atoms with E-state index in [1.165, 1.54) is 31.2 Å². The SMILES string of the molecule is CCC(=O)O[C@]1(C(=O)OCC(=O)c2ccc(F)cc2)[C@H](C)C[C@H]2[C@@H]3C[C@H](F)C4=CC(=O)C=C[C@]4(C)[C@@]3(F)[C@@H](O)C[C@@]21C. The topological polar surface area (TPSA) is 107 Å². The van der Waals surface area contributed by atoms with Crippen molar-refractivity contribution in [3.05, 3.63) is 59.4 Å². The maximum absolute atomic E-state index is 17.5. The summed E-state index contributed by atoms with van der Waals surface area (Å²) in [7, 11) is 0. The molecule has 226 valence electrons. The van der Waals surface area contributed by atoms with Crippen LogP contribution in [0.5, 0.6) is 0 Å². The number of halogens is 3. The van der Waals surface area contributed by atoms with Crippen LogP contribution in [0.3, 0.4) is 0 Å². The monoisotopic (exact) mass is 588 g/mol. The van der Waals surface area contributed by atoms with Crippen LogP contribution in [0.25, 0.3) is 0 Å². The van der Waals surface area contributed by atoms with Gasteiger partial charge >= 0.3 is 11.9 Å². The molecule has 1 aromatic rings. The van der Waals surface area contributed by atoms with Crippen molar-refractivity contribution < 1.29 is 46.9 Å². The van der Waals surface area contributed by atoms with E-state index in [1.807, 2.05) is 0 Å². The van der Waals surface area contributed by atoms with Crippen LogP contribution in [0.1, 0.15) is 63.7 Å². The smallest absolute Gasteiger partial charge is 0.351 e. The van der Waals surface area contributed by atoms with Gasteiger partial charge in [0, 0.05) is 34.7 Å². The zero-order chi connectivity index (χ0) is 30.8. The molecule has 0 bridgehead atoms. The Labute approximate surface area is 242 Å². The summed E-state index contributed by atoms with van der Waals surface area (Å²) in [6, 6.07) is 4.69. The van der Waals surface area contributed by atoms with Crippen molar-refractivity contribution in [3.8, 4) is 0 Å². The molecule has 0 radical (unpaired) electrons. The van der Waals surface area contributed by atoms with E-state index >= 15 is 8.78 Å². The van der Waals surface area contributed by atoms with Crippen molar-refractivity contribution in [3.63, 3.8) is 0 Å². The molecule has 0 aliphatic heterocycles. The van der Waals surface area contributed by atoms with Gasteiger partial charge in [0.1, 0.15) is 12.0 Å². The minimum atomic E-state index is -2.38. The van der Waals surface area contributed by atoms with Crippen molar-refractivity contribution in [1.82, 2.24) is 0 Å². The fourth-order valence-electron chi connectivity index (χ4n) is 8.43. The highest BCUT2D eigenvalue weighted by Gasteiger charge is 2.78. The maximum atomic E-state index is 17.5. The molecule has 3 saturated carbocycles. The number of rotatable bonds is 6. The number of carbonyl (C=O) groups excluding carboxylic acids is 4. The lowest BCUT2D eigenvalue weighted by atomic mass is 9.44. The first-order chi connectivity index (χ1) is 19.7. The van der Waals surface area contributed by atoms with Gasteiger partial charge in [0.05, 0.1) is 6.10 Å². The highest BCUT2D eigenvalue weighted by Crippen LogP contribution is 2.71. The van der Waals surface area contributed by atoms with Crippen molar-refractivity contribution in [1.29, 1.82) is 0 Å². The summed E-state index contributed by atoms with van der Waals surface area (Å²) in [5.41, 5.74) is -7.30. The zero-order valence-corrected chi connectivity index (χ0v) is 24.0.